The van der Waals surface area contributed by atoms with Crippen molar-refractivity contribution >= 4 is 11.7 Å². The normalized spacial score (nSPS) is 8.69. The first kappa shape index (κ1) is 8.95. The molecule has 0 unspecified atom stereocenters. The van der Waals surface area contributed by atoms with Crippen molar-refractivity contribution in [3.63, 3.8) is 0 Å². The van der Waals surface area contributed by atoms with Crippen LogP contribution in [-0.2, 0) is 0 Å². The number of aromatic nitrogens is 2. The standard InChI is InChI=1S/C6H6N6O/c1-8-6(13)4-2-3-5(10-9-4)11-12-7/h2-3H,1H3,(H,8,13). The molecule has 0 bridgehead atoms. The average molecular weight is 178 g/mol. The summed E-state index contributed by atoms with van der Waals surface area (Å²) in [6, 6.07) is 2.84. The van der Waals surface area contributed by atoms with Crippen LogP contribution in [0.15, 0.2) is 17.2 Å². The Hall–Kier alpha value is -2.14. The van der Waals surface area contributed by atoms with Crippen LogP contribution < -0.4 is 5.32 Å². The van der Waals surface area contributed by atoms with E-state index in [9.17, 15) is 4.79 Å². The molecule has 1 aromatic rings. The van der Waals surface area contributed by atoms with Crippen molar-refractivity contribution in [2.24, 2.45) is 5.11 Å². The lowest BCUT2D eigenvalue weighted by atomic mass is 10.3. The lowest BCUT2D eigenvalue weighted by molar-refractivity contribution is 0.0957. The molecule has 0 fully saturated rings. The second-order valence-corrected chi connectivity index (χ2v) is 2.05. The van der Waals surface area contributed by atoms with E-state index in [-0.39, 0.29) is 17.4 Å². The van der Waals surface area contributed by atoms with Gasteiger partial charge in [0, 0.05) is 12.0 Å². The molecule has 0 saturated heterocycles. The smallest absolute Gasteiger partial charge is 0.271 e. The third-order valence-electron chi connectivity index (χ3n) is 1.26. The summed E-state index contributed by atoms with van der Waals surface area (Å²) < 4.78 is 0. The molecule has 13 heavy (non-hydrogen) atoms. The quantitative estimate of drug-likeness (QED) is 0.411. The van der Waals surface area contributed by atoms with Gasteiger partial charge in [0.2, 0.25) is 0 Å². The molecule has 7 heteroatoms. The predicted molar refractivity (Wildman–Crippen MR) is 44.2 cm³/mol. The summed E-state index contributed by atoms with van der Waals surface area (Å²) in [6.07, 6.45) is 0. The highest BCUT2D eigenvalue weighted by Crippen LogP contribution is 2.05. The molecule has 1 amide bonds. The van der Waals surface area contributed by atoms with Crippen LogP contribution in [-0.4, -0.2) is 23.2 Å². The van der Waals surface area contributed by atoms with Gasteiger partial charge in [-0.1, -0.05) is 0 Å². The summed E-state index contributed by atoms with van der Waals surface area (Å²) in [5, 5.41) is 12.6. The second kappa shape index (κ2) is 4.03. The van der Waals surface area contributed by atoms with Crippen LogP contribution in [0.5, 0.6) is 0 Å². The fraction of sp³-hybridized carbons (Fsp3) is 0.167. The zero-order valence-corrected chi connectivity index (χ0v) is 6.80. The van der Waals surface area contributed by atoms with Crippen molar-refractivity contribution in [1.29, 1.82) is 0 Å². The van der Waals surface area contributed by atoms with Crippen LogP contribution in [0.2, 0.25) is 0 Å². The average Bonchev–Trinajstić information content (AvgIpc) is 2.18. The van der Waals surface area contributed by atoms with E-state index in [4.69, 9.17) is 5.53 Å². The van der Waals surface area contributed by atoms with Crippen molar-refractivity contribution in [3.05, 3.63) is 28.3 Å². The number of nitrogens with zero attached hydrogens (tertiary/aromatic N) is 5. The highest BCUT2D eigenvalue weighted by molar-refractivity contribution is 5.91. The first-order valence-electron chi connectivity index (χ1n) is 3.39. The Bertz CT molecular complexity index is 352. The van der Waals surface area contributed by atoms with E-state index in [1.165, 1.54) is 19.2 Å². The molecule has 0 aromatic carbocycles. The largest absolute Gasteiger partial charge is 0.354 e. The maximum Gasteiger partial charge on any atom is 0.271 e. The van der Waals surface area contributed by atoms with Gasteiger partial charge in [0.25, 0.3) is 5.91 Å². The van der Waals surface area contributed by atoms with Crippen molar-refractivity contribution in [2.45, 2.75) is 0 Å². The predicted octanol–water partition coefficient (Wildman–Crippen LogP) is 0.778. The van der Waals surface area contributed by atoms with Crippen molar-refractivity contribution in [3.8, 4) is 0 Å². The highest BCUT2D eigenvalue weighted by Gasteiger charge is 2.03. The number of rotatable bonds is 2. The van der Waals surface area contributed by atoms with Gasteiger partial charge in [0.15, 0.2) is 5.69 Å². The van der Waals surface area contributed by atoms with Crippen LogP contribution in [0, 0.1) is 0 Å². The summed E-state index contributed by atoms with van der Waals surface area (Å²) in [5.74, 6) is -0.199. The third kappa shape index (κ3) is 2.14. The molecule has 0 aliphatic heterocycles. The number of amides is 1. The molecule has 1 aromatic heterocycles. The molecular formula is C6H6N6O. The van der Waals surface area contributed by atoms with Crippen LogP contribution in [0.25, 0.3) is 10.4 Å². The van der Waals surface area contributed by atoms with Crippen molar-refractivity contribution in [1.82, 2.24) is 15.5 Å². The summed E-state index contributed by atoms with van der Waals surface area (Å²) in [7, 11) is 1.49. The molecule has 0 atom stereocenters. The van der Waals surface area contributed by atoms with E-state index in [1.54, 1.807) is 0 Å². The van der Waals surface area contributed by atoms with Crippen LogP contribution in [0.1, 0.15) is 10.5 Å². The molecule has 0 spiro atoms. The van der Waals surface area contributed by atoms with E-state index < -0.39 is 0 Å². The summed E-state index contributed by atoms with van der Waals surface area (Å²) in [6.45, 7) is 0. The third-order valence-corrected chi connectivity index (χ3v) is 1.26. The van der Waals surface area contributed by atoms with Gasteiger partial charge >= 0.3 is 0 Å². The zero-order chi connectivity index (χ0) is 9.68. The van der Waals surface area contributed by atoms with E-state index in [2.05, 4.69) is 25.5 Å². The van der Waals surface area contributed by atoms with Gasteiger partial charge in [0.1, 0.15) is 5.82 Å². The van der Waals surface area contributed by atoms with Gasteiger partial charge in [-0.05, 0) is 22.8 Å². The Morgan fingerprint density at radius 1 is 1.62 bits per heavy atom. The molecule has 0 aliphatic rings. The fourth-order valence-electron chi connectivity index (χ4n) is 0.674. The Morgan fingerprint density at radius 3 is 2.85 bits per heavy atom. The SMILES string of the molecule is CNC(=O)c1ccc(N=[N+]=[N-])nn1. The first-order valence-corrected chi connectivity index (χ1v) is 3.39. The Balaban J connectivity index is 2.93. The minimum absolute atomic E-state index is 0.134. The van der Waals surface area contributed by atoms with E-state index in [0.29, 0.717) is 0 Å². The summed E-state index contributed by atoms with van der Waals surface area (Å²) >= 11 is 0. The highest BCUT2D eigenvalue weighted by atomic mass is 16.1. The molecule has 1 rings (SSSR count). The number of hydrogen-bond donors (Lipinski definition) is 1. The minimum Gasteiger partial charge on any atom is -0.354 e. The number of azide groups is 1. The molecule has 1 heterocycles. The van der Waals surface area contributed by atoms with Gasteiger partial charge in [0.05, 0.1) is 0 Å². The number of hydrogen-bond acceptors (Lipinski definition) is 4. The van der Waals surface area contributed by atoms with Gasteiger partial charge < -0.3 is 5.32 Å². The number of carbonyl (C=O) groups is 1. The van der Waals surface area contributed by atoms with Crippen molar-refractivity contribution < 1.29 is 4.79 Å². The molecular weight excluding hydrogens is 172 g/mol. The van der Waals surface area contributed by atoms with Crippen LogP contribution in [0.4, 0.5) is 5.82 Å². The lowest BCUT2D eigenvalue weighted by Gasteiger charge is -1.96. The van der Waals surface area contributed by atoms with Crippen LogP contribution in [0.3, 0.4) is 0 Å². The number of nitrogens with one attached hydrogen (secondary N) is 1. The van der Waals surface area contributed by atoms with E-state index >= 15 is 0 Å². The van der Waals surface area contributed by atoms with Crippen LogP contribution >= 0.6 is 0 Å². The summed E-state index contributed by atoms with van der Waals surface area (Å²) in [4.78, 5) is 13.5. The Morgan fingerprint density at radius 2 is 2.38 bits per heavy atom. The van der Waals surface area contributed by atoms with E-state index in [1.807, 2.05) is 0 Å². The molecule has 66 valence electrons. The molecule has 7 nitrogen and oxygen atoms in total. The minimum atomic E-state index is -0.333. The maximum atomic E-state index is 11.0. The monoisotopic (exact) mass is 178 g/mol. The summed E-state index contributed by atoms with van der Waals surface area (Å²) in [5.41, 5.74) is 8.24. The second-order valence-electron chi connectivity index (χ2n) is 2.05. The van der Waals surface area contributed by atoms with Gasteiger partial charge in [-0.15, -0.1) is 10.2 Å². The van der Waals surface area contributed by atoms with Gasteiger partial charge in [-0.2, -0.15) is 0 Å². The van der Waals surface area contributed by atoms with Crippen molar-refractivity contribution in [2.75, 3.05) is 7.05 Å². The first-order chi connectivity index (χ1) is 6.27. The zero-order valence-electron chi connectivity index (χ0n) is 6.80. The Kier molecular flexibility index (Phi) is 2.77. The fourth-order valence-corrected chi connectivity index (χ4v) is 0.674. The van der Waals surface area contributed by atoms with Gasteiger partial charge in [-0.3, -0.25) is 4.79 Å². The number of carbonyl (C=O) groups excluding carboxylic acids is 1. The molecule has 0 aliphatic carbocycles. The van der Waals surface area contributed by atoms with E-state index in [0.717, 1.165) is 0 Å². The maximum absolute atomic E-state index is 11.0. The Labute approximate surface area is 73.4 Å². The molecule has 0 radical (unpaired) electrons. The molecule has 1 N–H and O–H groups in total. The topological polar surface area (TPSA) is 104 Å². The van der Waals surface area contributed by atoms with Gasteiger partial charge in [-0.25, -0.2) is 0 Å². The lowest BCUT2D eigenvalue weighted by Crippen LogP contribution is -2.19. The molecule has 0 saturated carbocycles.